The van der Waals surface area contributed by atoms with E-state index in [1.807, 2.05) is 54.6 Å². The summed E-state index contributed by atoms with van der Waals surface area (Å²) in [4.78, 5) is 15.7. The lowest BCUT2D eigenvalue weighted by molar-refractivity contribution is 0.0440. The number of carbonyl (C=O) groups is 1. The summed E-state index contributed by atoms with van der Waals surface area (Å²) in [6.45, 7) is 3.88. The van der Waals surface area contributed by atoms with Crippen LogP contribution in [0.5, 0.6) is 5.75 Å². The zero-order valence-electron chi connectivity index (χ0n) is 24.5. The third kappa shape index (κ3) is 5.48. The quantitative estimate of drug-likeness (QED) is 0.192. The van der Waals surface area contributed by atoms with Crippen LogP contribution >= 0.6 is 15.9 Å². The molecule has 3 N–H and O–H groups in total. The molecule has 6 nitrogen and oxygen atoms in total. The van der Waals surface area contributed by atoms with Gasteiger partial charge in [0.15, 0.2) is 0 Å². The van der Waals surface area contributed by atoms with Crippen LogP contribution in [0.2, 0.25) is 0 Å². The summed E-state index contributed by atoms with van der Waals surface area (Å²) in [5.41, 5.74) is 12.5. The van der Waals surface area contributed by atoms with Crippen LogP contribution in [0.1, 0.15) is 75.0 Å². The van der Waals surface area contributed by atoms with Gasteiger partial charge in [-0.15, -0.1) is 0 Å². The van der Waals surface area contributed by atoms with Gasteiger partial charge < -0.3 is 25.4 Å². The maximum atomic E-state index is 13.7. The van der Waals surface area contributed by atoms with Crippen molar-refractivity contribution in [1.29, 1.82) is 0 Å². The van der Waals surface area contributed by atoms with Gasteiger partial charge >= 0.3 is 6.09 Å². The molecule has 1 heterocycles. The number of fused-ring (bicyclic) bond motifs is 1. The van der Waals surface area contributed by atoms with Crippen LogP contribution in [0, 0.1) is 5.92 Å². The van der Waals surface area contributed by atoms with Gasteiger partial charge in [-0.3, -0.25) is 0 Å². The summed E-state index contributed by atoms with van der Waals surface area (Å²) in [6, 6.07) is 20.2. The molecule has 3 aromatic carbocycles. The van der Waals surface area contributed by atoms with Crippen LogP contribution in [-0.2, 0) is 23.2 Å². The van der Waals surface area contributed by atoms with Gasteiger partial charge in [0.25, 0.3) is 0 Å². The summed E-state index contributed by atoms with van der Waals surface area (Å²) in [7, 11) is 0. The summed E-state index contributed by atoms with van der Waals surface area (Å²) >= 11 is 4.06. The Labute approximate surface area is 258 Å². The number of rotatable bonds is 8. The normalized spacial score (nSPS) is 22.9. The Morgan fingerprint density at radius 1 is 1.10 bits per heavy atom. The number of hydrogen-bond acceptors (Lipinski definition) is 5. The molecule has 42 heavy (non-hydrogen) atoms. The highest BCUT2D eigenvalue weighted by molar-refractivity contribution is 9.10. The molecule has 2 aliphatic carbocycles. The first-order valence-corrected chi connectivity index (χ1v) is 16.4. The molecule has 0 spiro atoms. The third-order valence-electron chi connectivity index (χ3n) is 9.68. The Balaban J connectivity index is 1.40. The Morgan fingerprint density at radius 3 is 2.69 bits per heavy atom. The number of nitrogens with two attached hydrogens (primary N) is 1. The number of unbranched alkanes of at least 4 members (excludes halogenated alkanes) is 1. The molecule has 0 aromatic heterocycles. The number of para-hydroxylation sites is 2. The van der Waals surface area contributed by atoms with Crippen LogP contribution in [0.3, 0.4) is 0 Å². The minimum atomic E-state index is -0.195. The Bertz CT molecular complexity index is 1410. The highest BCUT2D eigenvalue weighted by Crippen LogP contribution is 2.58. The smallest absolute Gasteiger partial charge is 0.410 e. The topological polar surface area (TPSA) is 76.8 Å². The third-order valence-corrected chi connectivity index (χ3v) is 10.6. The number of halogens is 1. The summed E-state index contributed by atoms with van der Waals surface area (Å²) in [5.74, 6) is 1.28. The summed E-state index contributed by atoms with van der Waals surface area (Å²) in [5, 5.41) is 3.61. The second-order valence-electron chi connectivity index (χ2n) is 12.1. The van der Waals surface area contributed by atoms with E-state index in [9.17, 15) is 4.79 Å². The van der Waals surface area contributed by atoms with Crippen molar-refractivity contribution in [3.8, 4) is 5.75 Å². The van der Waals surface area contributed by atoms with Crippen molar-refractivity contribution < 1.29 is 14.3 Å². The number of nitrogen functional groups attached to an aromatic ring is 1. The van der Waals surface area contributed by atoms with E-state index in [-0.39, 0.29) is 17.6 Å². The van der Waals surface area contributed by atoms with Gasteiger partial charge in [-0.05, 0) is 95.3 Å². The molecule has 7 heteroatoms. The predicted octanol–water partition coefficient (Wildman–Crippen LogP) is 8.74. The van der Waals surface area contributed by atoms with Gasteiger partial charge in [0.1, 0.15) is 12.4 Å². The molecule has 1 aliphatic heterocycles. The fourth-order valence-electron chi connectivity index (χ4n) is 7.66. The van der Waals surface area contributed by atoms with Gasteiger partial charge in [0, 0.05) is 22.5 Å². The number of ether oxygens (including phenoxy) is 2. The fourth-order valence-corrected chi connectivity index (χ4v) is 8.33. The number of anilines is 3. The Morgan fingerprint density at radius 2 is 1.88 bits per heavy atom. The second kappa shape index (κ2) is 12.6. The lowest BCUT2D eigenvalue weighted by Crippen LogP contribution is -2.54. The molecule has 2 bridgehead atoms. The first-order chi connectivity index (χ1) is 20.5. The van der Waals surface area contributed by atoms with E-state index in [1.54, 1.807) is 0 Å². The van der Waals surface area contributed by atoms with Gasteiger partial charge in [-0.1, -0.05) is 68.7 Å². The Hall–Kier alpha value is -3.19. The van der Waals surface area contributed by atoms with Crippen molar-refractivity contribution in [3.63, 3.8) is 0 Å². The summed E-state index contributed by atoms with van der Waals surface area (Å²) in [6.07, 6.45) is 9.41. The molecule has 1 saturated carbocycles. The average Bonchev–Trinajstić information content (AvgIpc) is 3.14. The lowest BCUT2D eigenvalue weighted by atomic mass is 9.54. The van der Waals surface area contributed by atoms with Crippen molar-refractivity contribution in [2.45, 2.75) is 82.8 Å². The van der Waals surface area contributed by atoms with Gasteiger partial charge in [-0.2, -0.15) is 0 Å². The van der Waals surface area contributed by atoms with Crippen molar-refractivity contribution in [3.05, 3.63) is 81.8 Å². The monoisotopic (exact) mass is 631 g/mol. The highest BCUT2D eigenvalue weighted by atomic mass is 79.9. The second-order valence-corrected chi connectivity index (χ2v) is 12.9. The van der Waals surface area contributed by atoms with Gasteiger partial charge in [0.05, 0.1) is 23.7 Å². The number of nitrogens with zero attached hydrogens (tertiary/aromatic N) is 1. The van der Waals surface area contributed by atoms with Crippen LogP contribution in [0.15, 0.2) is 65.1 Å². The van der Waals surface area contributed by atoms with E-state index in [0.717, 1.165) is 78.7 Å². The van der Waals surface area contributed by atoms with Crippen molar-refractivity contribution in [1.82, 2.24) is 4.90 Å². The van der Waals surface area contributed by atoms with Crippen LogP contribution < -0.4 is 15.8 Å². The van der Waals surface area contributed by atoms with E-state index in [2.05, 4.69) is 39.1 Å². The van der Waals surface area contributed by atoms with E-state index in [4.69, 9.17) is 15.2 Å². The number of likely N-dealkylation sites (tertiary alicyclic amines) is 1. The molecule has 6 rings (SSSR count). The van der Waals surface area contributed by atoms with Crippen LogP contribution in [-0.4, -0.2) is 30.2 Å². The molecule has 1 amide bonds. The minimum absolute atomic E-state index is 0.0284. The number of nitrogens with one attached hydrogen (secondary N) is 1. The first kappa shape index (κ1) is 28.9. The maximum absolute atomic E-state index is 13.7. The number of amides is 1. The lowest BCUT2D eigenvalue weighted by Gasteiger charge is -2.53. The number of hydrogen-bond donors (Lipinski definition) is 2. The van der Waals surface area contributed by atoms with Crippen molar-refractivity contribution in [2.24, 2.45) is 5.92 Å². The predicted molar refractivity (Wildman–Crippen MR) is 172 cm³/mol. The molecule has 2 fully saturated rings. The first-order valence-electron chi connectivity index (χ1n) is 15.6. The minimum Gasteiger partial charge on any atom is -0.491 e. The molecular weight excluding hydrogens is 590 g/mol. The van der Waals surface area contributed by atoms with Gasteiger partial charge in [-0.25, -0.2) is 4.79 Å². The zero-order valence-corrected chi connectivity index (χ0v) is 26.1. The maximum Gasteiger partial charge on any atom is 0.410 e. The number of benzene rings is 3. The number of carbonyl (C=O) groups excluding carboxylic acids is 1. The van der Waals surface area contributed by atoms with Crippen LogP contribution in [0.4, 0.5) is 21.9 Å². The van der Waals surface area contributed by atoms with E-state index < -0.39 is 0 Å². The standard InChI is InChI=1S/C35H42BrN3O3/c1-2-3-20-41-31-22-27-25(32(36)33(31)38-29-16-8-7-15-28(29)37)21-30-26-14-9-10-17-35(26,27)18-11-19-39(30)34(40)42-23-24-12-5-4-6-13-24/h4-8,12-13,15-16,22,26,30,38H,2-3,9-11,14,17-21,23,37H2,1H3/t26?,30-,35-/m0/s1. The molecule has 1 saturated heterocycles. The van der Waals surface area contributed by atoms with Gasteiger partial charge in [0.2, 0.25) is 0 Å². The molecule has 1 unspecified atom stereocenters. The van der Waals surface area contributed by atoms with E-state index in [1.165, 1.54) is 24.0 Å². The largest absolute Gasteiger partial charge is 0.491 e. The SMILES string of the molecule is CCCCOc1cc2c(c(Br)c1Nc1ccccc1N)C[C@H]1C3CCCC[C@@]23CCCN1C(=O)OCc1ccccc1. The van der Waals surface area contributed by atoms with E-state index in [0.29, 0.717) is 24.8 Å². The van der Waals surface area contributed by atoms with Crippen LogP contribution in [0.25, 0.3) is 0 Å². The molecule has 3 aromatic rings. The average molecular weight is 633 g/mol. The zero-order chi connectivity index (χ0) is 29.1. The summed E-state index contributed by atoms with van der Waals surface area (Å²) < 4.78 is 13.4. The molecular formula is C35H42BrN3O3. The highest BCUT2D eigenvalue weighted by Gasteiger charge is 2.54. The van der Waals surface area contributed by atoms with Crippen molar-refractivity contribution in [2.75, 3.05) is 24.2 Å². The van der Waals surface area contributed by atoms with E-state index >= 15 is 0 Å². The molecule has 3 aliphatic rings. The molecule has 222 valence electrons. The fraction of sp³-hybridized carbons (Fsp3) is 0.457. The van der Waals surface area contributed by atoms with Crippen molar-refractivity contribution >= 4 is 39.1 Å². The molecule has 3 atom stereocenters. The Kier molecular flexibility index (Phi) is 8.66. The molecule has 0 radical (unpaired) electrons.